The molecule has 1 aliphatic heterocycles. The minimum absolute atomic E-state index is 0. The van der Waals surface area contributed by atoms with Gasteiger partial charge in [-0.15, -0.1) is 12.4 Å². The van der Waals surface area contributed by atoms with Crippen LogP contribution in [-0.4, -0.2) is 52.6 Å². The van der Waals surface area contributed by atoms with Gasteiger partial charge in [-0.3, -0.25) is 4.72 Å². The van der Waals surface area contributed by atoms with Crippen molar-refractivity contribution in [1.29, 1.82) is 0 Å². The highest BCUT2D eigenvalue weighted by Gasteiger charge is 2.30. The lowest BCUT2D eigenvalue weighted by Gasteiger charge is -2.30. The summed E-state index contributed by atoms with van der Waals surface area (Å²) in [6.07, 6.45) is 1.37. The second-order valence-corrected chi connectivity index (χ2v) is 10.6. The first kappa shape index (κ1) is 23.1. The minimum Gasteiger partial charge on any atom is -0.317 e. The Kier molecular flexibility index (Phi) is 7.85. The van der Waals surface area contributed by atoms with Gasteiger partial charge in [-0.1, -0.05) is 0 Å². The van der Waals surface area contributed by atoms with Crippen molar-refractivity contribution < 1.29 is 21.2 Å². The molecule has 0 spiro atoms. The van der Waals surface area contributed by atoms with Gasteiger partial charge in [0.25, 0.3) is 0 Å². The van der Waals surface area contributed by atoms with Crippen LogP contribution in [0.4, 0.5) is 10.1 Å². The number of hydrogen-bond acceptors (Lipinski definition) is 5. The van der Waals surface area contributed by atoms with Crippen molar-refractivity contribution in [1.82, 2.24) is 9.62 Å². The SMILES string of the molecule is CC(C)S(=O)(=O)Nc1ccc(S(=O)(=O)N(C)C2CCNCC2)cc1F.Cl. The topological polar surface area (TPSA) is 95.6 Å². The number of sulfonamides is 2. The van der Waals surface area contributed by atoms with E-state index in [-0.39, 0.29) is 29.0 Å². The summed E-state index contributed by atoms with van der Waals surface area (Å²) in [5, 5.41) is 2.43. The molecule has 0 amide bonds. The van der Waals surface area contributed by atoms with E-state index in [1.165, 1.54) is 31.3 Å². The van der Waals surface area contributed by atoms with Crippen LogP contribution in [0.15, 0.2) is 23.1 Å². The normalized spacial score (nSPS) is 16.5. The van der Waals surface area contributed by atoms with E-state index in [4.69, 9.17) is 0 Å². The molecule has 1 saturated heterocycles. The van der Waals surface area contributed by atoms with Gasteiger partial charge in [0, 0.05) is 13.1 Å². The summed E-state index contributed by atoms with van der Waals surface area (Å²) in [6, 6.07) is 3.06. The molecule has 1 aromatic rings. The van der Waals surface area contributed by atoms with E-state index in [2.05, 4.69) is 10.0 Å². The van der Waals surface area contributed by atoms with Crippen LogP contribution in [0.5, 0.6) is 0 Å². The summed E-state index contributed by atoms with van der Waals surface area (Å²) >= 11 is 0. The Balaban J connectivity index is 0.00000338. The second-order valence-electron chi connectivity index (χ2n) is 6.34. The first-order chi connectivity index (χ1) is 11.6. The Morgan fingerprint density at radius 1 is 1.19 bits per heavy atom. The van der Waals surface area contributed by atoms with E-state index < -0.39 is 31.1 Å². The highest BCUT2D eigenvalue weighted by molar-refractivity contribution is 7.93. The van der Waals surface area contributed by atoms with Crippen LogP contribution in [0.3, 0.4) is 0 Å². The minimum atomic E-state index is -3.85. The lowest BCUT2D eigenvalue weighted by molar-refractivity contribution is 0.296. The average Bonchev–Trinajstić information content (AvgIpc) is 2.56. The summed E-state index contributed by atoms with van der Waals surface area (Å²) in [5.41, 5.74) is -0.267. The number of halogens is 2. The monoisotopic (exact) mass is 429 g/mol. The molecule has 7 nitrogen and oxygen atoms in total. The first-order valence-corrected chi connectivity index (χ1v) is 11.0. The molecular formula is C15H25ClFN3O4S2. The first-order valence-electron chi connectivity index (χ1n) is 8.05. The number of benzene rings is 1. The van der Waals surface area contributed by atoms with Crippen molar-refractivity contribution in [3.05, 3.63) is 24.0 Å². The molecule has 0 aromatic heterocycles. The number of hydrogen-bond donors (Lipinski definition) is 2. The van der Waals surface area contributed by atoms with Crippen LogP contribution in [0, 0.1) is 5.82 Å². The molecular weight excluding hydrogens is 405 g/mol. The zero-order chi connectivity index (χ0) is 18.8. The van der Waals surface area contributed by atoms with E-state index in [1.54, 1.807) is 0 Å². The predicted molar refractivity (Wildman–Crippen MR) is 102 cm³/mol. The van der Waals surface area contributed by atoms with Gasteiger partial charge in [0.1, 0.15) is 5.82 Å². The van der Waals surface area contributed by atoms with Gasteiger partial charge < -0.3 is 5.32 Å². The highest BCUT2D eigenvalue weighted by atomic mass is 35.5. The maximum absolute atomic E-state index is 14.3. The molecule has 26 heavy (non-hydrogen) atoms. The highest BCUT2D eigenvalue weighted by Crippen LogP contribution is 2.25. The van der Waals surface area contributed by atoms with Gasteiger partial charge in [0.05, 0.1) is 15.8 Å². The second kappa shape index (κ2) is 8.83. The number of nitrogens with one attached hydrogen (secondary N) is 2. The zero-order valence-electron chi connectivity index (χ0n) is 14.9. The Labute approximate surface area is 160 Å². The molecule has 0 saturated carbocycles. The maximum atomic E-state index is 14.3. The standard InChI is InChI=1S/C15H24FN3O4S2.ClH/c1-11(2)24(20,21)18-15-5-4-13(10-14(15)16)25(22,23)19(3)12-6-8-17-9-7-12;/h4-5,10-12,17-18H,6-9H2,1-3H3;1H. The van der Waals surface area contributed by atoms with Crippen molar-refractivity contribution in [2.75, 3.05) is 24.9 Å². The fourth-order valence-corrected chi connectivity index (χ4v) is 4.68. The van der Waals surface area contributed by atoms with Gasteiger partial charge in [-0.2, -0.15) is 4.31 Å². The van der Waals surface area contributed by atoms with E-state index in [0.29, 0.717) is 12.8 Å². The molecule has 0 atom stereocenters. The van der Waals surface area contributed by atoms with Gasteiger partial charge in [-0.25, -0.2) is 21.2 Å². The smallest absolute Gasteiger partial charge is 0.243 e. The van der Waals surface area contributed by atoms with Crippen molar-refractivity contribution in [2.24, 2.45) is 0 Å². The molecule has 11 heteroatoms. The van der Waals surface area contributed by atoms with E-state index in [9.17, 15) is 21.2 Å². The number of rotatable bonds is 6. The van der Waals surface area contributed by atoms with Crippen LogP contribution in [-0.2, 0) is 20.0 Å². The predicted octanol–water partition coefficient (Wildman–Crippen LogP) is 1.77. The summed E-state index contributed by atoms with van der Waals surface area (Å²) in [5.74, 6) is -0.927. The molecule has 1 fully saturated rings. The van der Waals surface area contributed by atoms with Crippen LogP contribution in [0.1, 0.15) is 26.7 Å². The van der Waals surface area contributed by atoms with Gasteiger partial charge >= 0.3 is 0 Å². The van der Waals surface area contributed by atoms with E-state index in [0.717, 1.165) is 25.2 Å². The molecule has 0 aliphatic carbocycles. The summed E-state index contributed by atoms with van der Waals surface area (Å²) in [4.78, 5) is -0.196. The van der Waals surface area contributed by atoms with Gasteiger partial charge in [-0.05, 0) is 58.0 Å². The fourth-order valence-electron chi connectivity index (χ4n) is 2.54. The molecule has 1 aromatic carbocycles. The molecule has 1 aliphatic rings. The van der Waals surface area contributed by atoms with Crippen LogP contribution < -0.4 is 10.0 Å². The summed E-state index contributed by atoms with van der Waals surface area (Å²) < 4.78 is 66.7. The van der Waals surface area contributed by atoms with Crippen LogP contribution >= 0.6 is 12.4 Å². The maximum Gasteiger partial charge on any atom is 0.243 e. The number of piperidine rings is 1. The van der Waals surface area contributed by atoms with Crippen molar-refractivity contribution >= 4 is 38.1 Å². The number of nitrogens with zero attached hydrogens (tertiary/aromatic N) is 1. The van der Waals surface area contributed by atoms with Crippen molar-refractivity contribution in [3.8, 4) is 0 Å². The van der Waals surface area contributed by atoms with Crippen LogP contribution in [0.25, 0.3) is 0 Å². The zero-order valence-corrected chi connectivity index (χ0v) is 17.3. The van der Waals surface area contributed by atoms with E-state index >= 15 is 0 Å². The molecule has 150 valence electrons. The lowest BCUT2D eigenvalue weighted by Crippen LogP contribution is -2.43. The molecule has 2 rings (SSSR count). The number of anilines is 1. The van der Waals surface area contributed by atoms with E-state index in [1.807, 2.05) is 0 Å². The Morgan fingerprint density at radius 2 is 1.77 bits per heavy atom. The quantitative estimate of drug-likeness (QED) is 0.718. The molecule has 0 radical (unpaired) electrons. The van der Waals surface area contributed by atoms with Crippen LogP contribution in [0.2, 0.25) is 0 Å². The third-order valence-electron chi connectivity index (χ3n) is 4.31. The Bertz CT molecular complexity index is 825. The molecule has 0 bridgehead atoms. The third-order valence-corrected chi connectivity index (χ3v) is 7.96. The summed E-state index contributed by atoms with van der Waals surface area (Å²) in [7, 11) is -6.08. The third kappa shape index (κ3) is 5.07. The Hall–Kier alpha value is -0.940. The molecule has 2 N–H and O–H groups in total. The Morgan fingerprint density at radius 3 is 2.27 bits per heavy atom. The molecule has 1 heterocycles. The average molecular weight is 430 g/mol. The van der Waals surface area contributed by atoms with Crippen molar-refractivity contribution in [2.45, 2.75) is 42.9 Å². The fraction of sp³-hybridized carbons (Fsp3) is 0.600. The van der Waals surface area contributed by atoms with Gasteiger partial charge in [0.15, 0.2) is 0 Å². The lowest BCUT2D eigenvalue weighted by atomic mass is 10.1. The largest absolute Gasteiger partial charge is 0.317 e. The van der Waals surface area contributed by atoms with Gasteiger partial charge in [0.2, 0.25) is 20.0 Å². The molecule has 0 unspecified atom stereocenters. The summed E-state index contributed by atoms with van der Waals surface area (Å²) in [6.45, 7) is 4.39. The van der Waals surface area contributed by atoms with Crippen molar-refractivity contribution in [3.63, 3.8) is 0 Å².